The van der Waals surface area contributed by atoms with Crippen molar-refractivity contribution < 1.29 is 31.8 Å². The number of esters is 1. The summed E-state index contributed by atoms with van der Waals surface area (Å²) in [5.74, 6) is -1.55. The van der Waals surface area contributed by atoms with Gasteiger partial charge in [0.05, 0.1) is 49.2 Å². The van der Waals surface area contributed by atoms with Crippen LogP contribution in [0.1, 0.15) is 62.8 Å². The molecule has 1 aromatic heterocycles. The van der Waals surface area contributed by atoms with Crippen LogP contribution in [-0.4, -0.2) is 40.2 Å². The number of hydrogen-bond donors (Lipinski definition) is 1. The van der Waals surface area contributed by atoms with E-state index in [2.05, 4.69) is 4.90 Å². The van der Waals surface area contributed by atoms with Crippen molar-refractivity contribution in [2.75, 3.05) is 20.2 Å². The van der Waals surface area contributed by atoms with E-state index in [0.717, 1.165) is 32.9 Å². The van der Waals surface area contributed by atoms with E-state index in [1.807, 2.05) is 12.1 Å². The summed E-state index contributed by atoms with van der Waals surface area (Å²) in [6, 6.07) is 17.7. The number of methoxy groups -OCH3 is 1. The van der Waals surface area contributed by atoms with Crippen LogP contribution in [0.15, 0.2) is 82.4 Å². The molecule has 1 atom stereocenters. The van der Waals surface area contributed by atoms with E-state index < -0.39 is 58.5 Å². The first-order chi connectivity index (χ1) is 22.9. The number of alkyl halides is 3. The van der Waals surface area contributed by atoms with E-state index >= 15 is 4.39 Å². The molecule has 3 heterocycles. The number of nitrogens with zero attached hydrogens (tertiary/aromatic N) is 3. The molecule has 0 bridgehead atoms. The monoisotopic (exact) mass is 666 g/mol. The molecule has 48 heavy (non-hydrogen) atoms. The van der Waals surface area contributed by atoms with Crippen LogP contribution < -0.4 is 17.0 Å². The Balaban J connectivity index is 1.36. The van der Waals surface area contributed by atoms with Gasteiger partial charge in [0, 0.05) is 31.2 Å². The minimum absolute atomic E-state index is 0.137. The van der Waals surface area contributed by atoms with Crippen LogP contribution in [0.4, 0.5) is 17.6 Å². The fraction of sp³-hybridized carbons (Fsp3) is 0.343. The van der Waals surface area contributed by atoms with Gasteiger partial charge in [-0.15, -0.1) is 0 Å². The Morgan fingerprint density at radius 2 is 1.65 bits per heavy atom. The highest BCUT2D eigenvalue weighted by Gasteiger charge is 2.47. The van der Waals surface area contributed by atoms with Crippen molar-refractivity contribution in [3.8, 4) is 0 Å². The molecule has 4 aromatic rings. The van der Waals surface area contributed by atoms with E-state index in [1.165, 1.54) is 7.11 Å². The lowest BCUT2D eigenvalue weighted by Crippen LogP contribution is -2.49. The fourth-order valence-corrected chi connectivity index (χ4v) is 6.69. The topological polar surface area (TPSA) is 109 Å². The molecule has 252 valence electrons. The summed E-state index contributed by atoms with van der Waals surface area (Å²) < 4.78 is 70.0. The normalized spacial score (nSPS) is 16.5. The first kappa shape index (κ1) is 33.3. The first-order valence-electron chi connectivity index (χ1n) is 15.5. The van der Waals surface area contributed by atoms with Gasteiger partial charge < -0.3 is 15.2 Å². The SMILES string of the molecule is COC(=O)c1ccc(CN2CCC3(CC2)OCc2c3c(=O)n(C[C@H](N)c3ccccc3)c(=O)n2Cc2c(F)cccc2C(F)(F)F)cc1. The molecule has 13 heteroatoms. The van der Waals surface area contributed by atoms with Gasteiger partial charge in [0.2, 0.25) is 0 Å². The summed E-state index contributed by atoms with van der Waals surface area (Å²) in [7, 11) is 1.31. The maximum Gasteiger partial charge on any atom is 0.416 e. The number of likely N-dealkylation sites (tertiary alicyclic amines) is 1. The van der Waals surface area contributed by atoms with Crippen LogP contribution in [0.2, 0.25) is 0 Å². The molecule has 0 amide bonds. The lowest BCUT2D eigenvalue weighted by molar-refractivity contribution is -0.138. The molecule has 1 spiro atoms. The van der Waals surface area contributed by atoms with Crippen LogP contribution in [0.25, 0.3) is 0 Å². The summed E-state index contributed by atoms with van der Waals surface area (Å²) in [5.41, 5.74) is 4.28. The first-order valence-corrected chi connectivity index (χ1v) is 15.5. The van der Waals surface area contributed by atoms with E-state index in [-0.39, 0.29) is 24.4 Å². The van der Waals surface area contributed by atoms with Gasteiger partial charge in [-0.2, -0.15) is 13.2 Å². The lowest BCUT2D eigenvalue weighted by Gasteiger charge is -2.39. The zero-order chi connectivity index (χ0) is 34.2. The number of carbonyl (C=O) groups excluding carboxylic acids is 1. The third-order valence-electron chi connectivity index (χ3n) is 9.27. The predicted molar refractivity (Wildman–Crippen MR) is 168 cm³/mol. The number of ether oxygens (including phenoxy) is 2. The number of nitrogens with two attached hydrogens (primary N) is 1. The predicted octanol–water partition coefficient (Wildman–Crippen LogP) is 4.72. The van der Waals surface area contributed by atoms with Crippen LogP contribution in [0, 0.1) is 5.82 Å². The second kappa shape index (κ2) is 13.1. The second-order valence-electron chi connectivity index (χ2n) is 12.1. The molecule has 1 saturated heterocycles. The third-order valence-corrected chi connectivity index (χ3v) is 9.27. The quantitative estimate of drug-likeness (QED) is 0.214. The highest BCUT2D eigenvalue weighted by molar-refractivity contribution is 5.89. The molecule has 0 unspecified atom stereocenters. The Bertz CT molecular complexity index is 1930. The number of piperidine rings is 1. The van der Waals surface area contributed by atoms with Gasteiger partial charge >= 0.3 is 17.8 Å². The Morgan fingerprint density at radius 1 is 0.958 bits per heavy atom. The highest BCUT2D eigenvalue weighted by atomic mass is 19.4. The van der Waals surface area contributed by atoms with Crippen molar-refractivity contribution in [2.45, 2.75) is 56.9 Å². The Labute approximate surface area is 273 Å². The minimum atomic E-state index is -4.88. The fourth-order valence-electron chi connectivity index (χ4n) is 6.69. The number of hydrogen-bond acceptors (Lipinski definition) is 7. The summed E-state index contributed by atoms with van der Waals surface area (Å²) >= 11 is 0. The standard InChI is InChI=1S/C35H34F4N4O5/c1-47-32(45)24-12-10-22(11-13-24)18-41-16-14-34(15-17-41)30-29(21-48-34)42(19-25-26(35(37,38)39)8-5-9-27(25)36)33(46)43(31(30)44)20-28(40)23-6-3-2-4-7-23/h2-13,28H,14-21,40H2,1H3/t28-/m0/s1. The summed E-state index contributed by atoms with van der Waals surface area (Å²) in [4.78, 5) is 42.1. The smallest absolute Gasteiger partial charge is 0.416 e. The third kappa shape index (κ3) is 6.32. The average Bonchev–Trinajstić information content (AvgIpc) is 3.44. The Kier molecular flexibility index (Phi) is 9.12. The van der Waals surface area contributed by atoms with Gasteiger partial charge in [-0.25, -0.2) is 14.0 Å². The zero-order valence-electron chi connectivity index (χ0n) is 26.1. The highest BCUT2D eigenvalue weighted by Crippen LogP contribution is 2.43. The van der Waals surface area contributed by atoms with Crippen molar-refractivity contribution in [1.29, 1.82) is 0 Å². The Morgan fingerprint density at radius 3 is 2.29 bits per heavy atom. The van der Waals surface area contributed by atoms with Gasteiger partial charge in [-0.1, -0.05) is 48.5 Å². The molecular formula is C35H34F4N4O5. The molecule has 0 saturated carbocycles. The maximum atomic E-state index is 15.0. The average molecular weight is 667 g/mol. The van der Waals surface area contributed by atoms with E-state index in [9.17, 15) is 27.6 Å². The van der Waals surface area contributed by atoms with Gasteiger partial charge in [0.1, 0.15) is 11.4 Å². The van der Waals surface area contributed by atoms with Crippen molar-refractivity contribution in [1.82, 2.24) is 14.0 Å². The molecule has 2 N–H and O–H groups in total. The number of benzene rings is 3. The molecule has 6 rings (SSSR count). The zero-order valence-corrected chi connectivity index (χ0v) is 26.1. The van der Waals surface area contributed by atoms with Crippen LogP contribution in [-0.2, 0) is 47.5 Å². The second-order valence-corrected chi connectivity index (χ2v) is 12.1. The molecule has 2 aliphatic heterocycles. The van der Waals surface area contributed by atoms with Crippen LogP contribution in [0.5, 0.6) is 0 Å². The van der Waals surface area contributed by atoms with Gasteiger partial charge in [-0.05, 0) is 48.2 Å². The van der Waals surface area contributed by atoms with Crippen LogP contribution in [0.3, 0.4) is 0 Å². The Hall–Kier alpha value is -4.59. The van der Waals surface area contributed by atoms with Gasteiger partial charge in [-0.3, -0.25) is 18.8 Å². The van der Waals surface area contributed by atoms with Crippen molar-refractivity contribution in [3.63, 3.8) is 0 Å². The number of aromatic nitrogens is 2. The van der Waals surface area contributed by atoms with Crippen LogP contribution >= 0.6 is 0 Å². The number of rotatable bonds is 8. The summed E-state index contributed by atoms with van der Waals surface area (Å²) in [6.45, 7) is 0.375. The van der Waals surface area contributed by atoms with E-state index in [1.54, 1.807) is 42.5 Å². The molecular weight excluding hydrogens is 632 g/mol. The van der Waals surface area contributed by atoms with Crippen molar-refractivity contribution >= 4 is 5.97 Å². The maximum absolute atomic E-state index is 15.0. The molecule has 0 radical (unpaired) electrons. The van der Waals surface area contributed by atoms with Crippen molar-refractivity contribution in [3.05, 3.63) is 139 Å². The van der Waals surface area contributed by atoms with Crippen molar-refractivity contribution in [2.24, 2.45) is 5.73 Å². The van der Waals surface area contributed by atoms with Gasteiger partial charge in [0.25, 0.3) is 5.56 Å². The number of fused-ring (bicyclic) bond motifs is 2. The summed E-state index contributed by atoms with van der Waals surface area (Å²) in [6.07, 6.45) is -4.14. The molecule has 1 fully saturated rings. The molecule has 2 aliphatic rings. The van der Waals surface area contributed by atoms with E-state index in [0.29, 0.717) is 43.6 Å². The number of carbonyl (C=O) groups is 1. The molecule has 3 aromatic carbocycles. The van der Waals surface area contributed by atoms with Gasteiger partial charge in [0.15, 0.2) is 0 Å². The number of halogens is 4. The molecule has 9 nitrogen and oxygen atoms in total. The van der Waals surface area contributed by atoms with E-state index in [4.69, 9.17) is 15.2 Å². The largest absolute Gasteiger partial charge is 0.465 e. The lowest BCUT2D eigenvalue weighted by atomic mass is 9.85. The molecule has 0 aliphatic carbocycles. The summed E-state index contributed by atoms with van der Waals surface area (Å²) in [5, 5.41) is 0. The minimum Gasteiger partial charge on any atom is -0.465 e.